The number of halogens is 1. The molecule has 0 aliphatic carbocycles. The van der Waals surface area contributed by atoms with Crippen LogP contribution in [0.2, 0.25) is 0 Å². The van der Waals surface area contributed by atoms with E-state index >= 15 is 0 Å². The maximum absolute atomic E-state index is 12.9. The molecule has 2 aromatic heterocycles. The quantitative estimate of drug-likeness (QED) is 0.653. The zero-order chi connectivity index (χ0) is 19.5. The van der Waals surface area contributed by atoms with Gasteiger partial charge in [-0.25, -0.2) is 4.98 Å². The SMILES string of the molecule is COc1ccccc1-c1cc(C(=O)N2CCC(Oc3ncccc3Br)C2)[nH]n1. The lowest BCUT2D eigenvalue weighted by Crippen LogP contribution is -2.31. The molecule has 0 radical (unpaired) electrons. The molecular weight excluding hydrogens is 424 g/mol. The van der Waals surface area contributed by atoms with Crippen LogP contribution in [-0.4, -0.2) is 52.3 Å². The maximum Gasteiger partial charge on any atom is 0.272 e. The predicted octanol–water partition coefficient (Wildman–Crippen LogP) is 3.54. The number of ether oxygens (including phenoxy) is 2. The Morgan fingerprint density at radius 2 is 2.14 bits per heavy atom. The number of carbonyl (C=O) groups is 1. The summed E-state index contributed by atoms with van der Waals surface area (Å²) in [5, 5.41) is 7.13. The van der Waals surface area contributed by atoms with Gasteiger partial charge < -0.3 is 14.4 Å². The molecule has 0 saturated carbocycles. The minimum absolute atomic E-state index is 0.0910. The van der Waals surface area contributed by atoms with Gasteiger partial charge in [-0.15, -0.1) is 0 Å². The van der Waals surface area contributed by atoms with Gasteiger partial charge in [0, 0.05) is 24.7 Å². The number of aromatic amines is 1. The van der Waals surface area contributed by atoms with E-state index in [0.717, 1.165) is 16.5 Å². The predicted molar refractivity (Wildman–Crippen MR) is 107 cm³/mol. The van der Waals surface area contributed by atoms with E-state index in [-0.39, 0.29) is 12.0 Å². The van der Waals surface area contributed by atoms with Crippen LogP contribution in [0.15, 0.2) is 53.1 Å². The third kappa shape index (κ3) is 3.73. The molecule has 1 amide bonds. The van der Waals surface area contributed by atoms with E-state index in [1.54, 1.807) is 24.3 Å². The molecule has 1 aliphatic heterocycles. The standard InChI is InChI=1S/C20H19BrN4O3/c1-27-18-7-3-2-5-14(18)16-11-17(24-23-16)20(26)25-10-8-13(12-25)28-19-15(21)6-4-9-22-19/h2-7,9,11,13H,8,10,12H2,1H3,(H,23,24). The van der Waals surface area contributed by atoms with Crippen molar-refractivity contribution in [3.8, 4) is 22.9 Å². The van der Waals surface area contributed by atoms with Crippen molar-refractivity contribution in [1.82, 2.24) is 20.1 Å². The van der Waals surface area contributed by atoms with Crippen molar-refractivity contribution in [2.75, 3.05) is 20.2 Å². The summed E-state index contributed by atoms with van der Waals surface area (Å²) in [6.07, 6.45) is 2.34. The van der Waals surface area contributed by atoms with Crippen molar-refractivity contribution >= 4 is 21.8 Å². The molecule has 144 valence electrons. The number of pyridine rings is 1. The van der Waals surface area contributed by atoms with Gasteiger partial charge in [0.05, 0.1) is 23.8 Å². The molecule has 1 saturated heterocycles. The van der Waals surface area contributed by atoms with E-state index in [1.807, 2.05) is 36.4 Å². The minimum atomic E-state index is -0.0974. The molecule has 1 N–H and O–H groups in total. The Morgan fingerprint density at radius 3 is 2.96 bits per heavy atom. The molecule has 1 atom stereocenters. The Labute approximate surface area is 170 Å². The molecule has 4 rings (SSSR count). The van der Waals surface area contributed by atoms with E-state index in [0.29, 0.717) is 36.1 Å². The van der Waals surface area contributed by atoms with Crippen LogP contribution >= 0.6 is 15.9 Å². The Kier molecular flexibility index (Phi) is 5.29. The number of para-hydroxylation sites is 1. The number of hydrogen-bond acceptors (Lipinski definition) is 5. The van der Waals surface area contributed by atoms with Crippen molar-refractivity contribution < 1.29 is 14.3 Å². The molecule has 0 bridgehead atoms. The lowest BCUT2D eigenvalue weighted by atomic mass is 10.1. The number of benzene rings is 1. The van der Waals surface area contributed by atoms with Crippen LogP contribution in [0.25, 0.3) is 11.3 Å². The summed E-state index contributed by atoms with van der Waals surface area (Å²) in [6.45, 7) is 1.13. The van der Waals surface area contributed by atoms with E-state index in [9.17, 15) is 4.79 Å². The lowest BCUT2D eigenvalue weighted by Gasteiger charge is -2.16. The summed E-state index contributed by atoms with van der Waals surface area (Å²) in [6, 6.07) is 13.0. The molecule has 1 aromatic carbocycles. The summed E-state index contributed by atoms with van der Waals surface area (Å²) in [5.74, 6) is 1.16. The average molecular weight is 443 g/mol. The molecule has 1 unspecified atom stereocenters. The number of methoxy groups -OCH3 is 1. The summed E-state index contributed by atoms with van der Waals surface area (Å²) >= 11 is 3.43. The maximum atomic E-state index is 12.9. The van der Waals surface area contributed by atoms with Gasteiger partial charge in [-0.3, -0.25) is 9.89 Å². The van der Waals surface area contributed by atoms with Gasteiger partial charge in [0.2, 0.25) is 5.88 Å². The first-order chi connectivity index (χ1) is 13.7. The summed E-state index contributed by atoms with van der Waals surface area (Å²) < 4.78 is 12.1. The number of rotatable bonds is 5. The van der Waals surface area contributed by atoms with Crippen LogP contribution < -0.4 is 9.47 Å². The van der Waals surface area contributed by atoms with Gasteiger partial charge >= 0.3 is 0 Å². The van der Waals surface area contributed by atoms with Gasteiger partial charge in [-0.2, -0.15) is 5.10 Å². The molecular formula is C20H19BrN4O3. The van der Waals surface area contributed by atoms with Crippen LogP contribution in [0.5, 0.6) is 11.6 Å². The third-order valence-corrected chi connectivity index (χ3v) is 5.23. The second kappa shape index (κ2) is 8.02. The highest BCUT2D eigenvalue weighted by atomic mass is 79.9. The number of nitrogens with one attached hydrogen (secondary N) is 1. The van der Waals surface area contributed by atoms with Crippen molar-refractivity contribution in [3.63, 3.8) is 0 Å². The normalized spacial score (nSPS) is 16.2. The van der Waals surface area contributed by atoms with Gasteiger partial charge in [-0.05, 0) is 46.3 Å². The van der Waals surface area contributed by atoms with Crippen LogP contribution in [0, 0.1) is 0 Å². The van der Waals surface area contributed by atoms with E-state index in [2.05, 4.69) is 31.1 Å². The highest BCUT2D eigenvalue weighted by Gasteiger charge is 2.30. The summed E-state index contributed by atoms with van der Waals surface area (Å²) in [5.41, 5.74) is 1.95. The average Bonchev–Trinajstić information content (AvgIpc) is 3.39. The number of amides is 1. The summed E-state index contributed by atoms with van der Waals surface area (Å²) in [7, 11) is 1.61. The fraction of sp³-hybridized carbons (Fsp3) is 0.250. The lowest BCUT2D eigenvalue weighted by molar-refractivity contribution is 0.0765. The minimum Gasteiger partial charge on any atom is -0.496 e. The van der Waals surface area contributed by atoms with Crippen LogP contribution in [0.1, 0.15) is 16.9 Å². The van der Waals surface area contributed by atoms with Gasteiger partial charge in [0.1, 0.15) is 17.5 Å². The zero-order valence-electron chi connectivity index (χ0n) is 15.3. The van der Waals surface area contributed by atoms with Gasteiger partial charge in [0.15, 0.2) is 0 Å². The molecule has 1 aliphatic rings. The topological polar surface area (TPSA) is 80.3 Å². The number of carbonyl (C=O) groups excluding carboxylic acids is 1. The van der Waals surface area contributed by atoms with Crippen molar-refractivity contribution in [2.24, 2.45) is 0 Å². The first kappa shape index (κ1) is 18.5. The molecule has 0 spiro atoms. The Morgan fingerprint density at radius 1 is 1.29 bits per heavy atom. The second-order valence-electron chi connectivity index (χ2n) is 6.44. The van der Waals surface area contributed by atoms with Crippen molar-refractivity contribution in [3.05, 3.63) is 58.8 Å². The number of nitrogens with zero attached hydrogens (tertiary/aromatic N) is 3. The largest absolute Gasteiger partial charge is 0.496 e. The Hall–Kier alpha value is -2.87. The number of H-pyrrole nitrogens is 1. The van der Waals surface area contributed by atoms with E-state index in [1.165, 1.54) is 0 Å². The van der Waals surface area contributed by atoms with E-state index < -0.39 is 0 Å². The molecule has 1 fully saturated rings. The van der Waals surface area contributed by atoms with Crippen LogP contribution in [-0.2, 0) is 0 Å². The fourth-order valence-electron chi connectivity index (χ4n) is 3.22. The number of hydrogen-bond donors (Lipinski definition) is 1. The first-order valence-corrected chi connectivity index (χ1v) is 9.70. The fourth-order valence-corrected chi connectivity index (χ4v) is 3.57. The highest BCUT2D eigenvalue weighted by molar-refractivity contribution is 9.10. The molecule has 28 heavy (non-hydrogen) atoms. The van der Waals surface area contributed by atoms with Gasteiger partial charge in [-0.1, -0.05) is 12.1 Å². The Balaban J connectivity index is 1.44. The smallest absolute Gasteiger partial charge is 0.272 e. The van der Waals surface area contributed by atoms with Crippen LogP contribution in [0.4, 0.5) is 0 Å². The van der Waals surface area contributed by atoms with Crippen LogP contribution in [0.3, 0.4) is 0 Å². The molecule has 8 heteroatoms. The zero-order valence-corrected chi connectivity index (χ0v) is 16.8. The van der Waals surface area contributed by atoms with Crippen molar-refractivity contribution in [1.29, 1.82) is 0 Å². The van der Waals surface area contributed by atoms with E-state index in [4.69, 9.17) is 9.47 Å². The molecule has 7 nitrogen and oxygen atoms in total. The highest BCUT2D eigenvalue weighted by Crippen LogP contribution is 2.29. The third-order valence-electron chi connectivity index (χ3n) is 4.63. The molecule has 3 heterocycles. The second-order valence-corrected chi connectivity index (χ2v) is 7.29. The Bertz CT molecular complexity index is 991. The summed E-state index contributed by atoms with van der Waals surface area (Å²) in [4.78, 5) is 18.8. The van der Waals surface area contributed by atoms with Gasteiger partial charge in [0.25, 0.3) is 5.91 Å². The van der Waals surface area contributed by atoms with Crippen molar-refractivity contribution in [2.45, 2.75) is 12.5 Å². The first-order valence-electron chi connectivity index (χ1n) is 8.91. The monoisotopic (exact) mass is 442 g/mol. The number of likely N-dealkylation sites (tertiary alicyclic amines) is 1. The number of aromatic nitrogens is 3. The molecule has 3 aromatic rings.